The number of amides is 2. The van der Waals surface area contributed by atoms with E-state index in [1.54, 1.807) is 24.3 Å². The van der Waals surface area contributed by atoms with Crippen molar-refractivity contribution in [2.24, 2.45) is 0 Å². The lowest BCUT2D eigenvalue weighted by molar-refractivity contribution is -0.139. The predicted molar refractivity (Wildman–Crippen MR) is 101 cm³/mol. The quantitative estimate of drug-likeness (QED) is 0.732. The number of rotatable bonds is 6. The maximum atomic E-state index is 12.5. The standard InChI is InChI=1S/C21H22N2O4/c1-12-3-4-16(11-13(12)2)18(21(26)27)23-20(25)15-7-5-14(6-8-15)19(24)22-17-9-10-17/h3-8,11,17-18H,9-10H2,1-2H3,(H,22,24)(H,23,25)(H,26,27). The van der Waals surface area contributed by atoms with Crippen LogP contribution in [0.1, 0.15) is 56.3 Å². The van der Waals surface area contributed by atoms with Gasteiger partial charge in [0, 0.05) is 17.2 Å². The highest BCUT2D eigenvalue weighted by molar-refractivity contribution is 5.99. The Bertz CT molecular complexity index is 886. The molecule has 3 rings (SSSR count). The van der Waals surface area contributed by atoms with E-state index in [-0.39, 0.29) is 11.9 Å². The summed E-state index contributed by atoms with van der Waals surface area (Å²) >= 11 is 0. The second kappa shape index (κ2) is 7.61. The number of nitrogens with one attached hydrogen (secondary N) is 2. The zero-order valence-electron chi connectivity index (χ0n) is 15.3. The van der Waals surface area contributed by atoms with Crippen LogP contribution in [0, 0.1) is 13.8 Å². The number of aliphatic carboxylic acids is 1. The van der Waals surface area contributed by atoms with Crippen molar-refractivity contribution >= 4 is 17.8 Å². The maximum Gasteiger partial charge on any atom is 0.330 e. The van der Waals surface area contributed by atoms with E-state index >= 15 is 0 Å². The SMILES string of the molecule is Cc1ccc(C(NC(=O)c2ccc(C(=O)NC3CC3)cc2)C(=O)O)cc1C. The fourth-order valence-corrected chi connectivity index (χ4v) is 2.72. The van der Waals surface area contributed by atoms with Crippen LogP contribution in [-0.4, -0.2) is 28.9 Å². The summed E-state index contributed by atoms with van der Waals surface area (Å²) in [4.78, 5) is 36.1. The van der Waals surface area contributed by atoms with Gasteiger partial charge in [-0.1, -0.05) is 18.2 Å². The minimum absolute atomic E-state index is 0.164. The average molecular weight is 366 g/mol. The number of carbonyl (C=O) groups is 3. The minimum Gasteiger partial charge on any atom is -0.479 e. The van der Waals surface area contributed by atoms with Crippen LogP contribution >= 0.6 is 0 Å². The van der Waals surface area contributed by atoms with E-state index in [0.29, 0.717) is 16.7 Å². The molecule has 0 radical (unpaired) electrons. The van der Waals surface area contributed by atoms with Gasteiger partial charge in [-0.3, -0.25) is 9.59 Å². The first kappa shape index (κ1) is 18.6. The summed E-state index contributed by atoms with van der Waals surface area (Å²) in [6.45, 7) is 3.83. The highest BCUT2D eigenvalue weighted by Crippen LogP contribution is 2.20. The van der Waals surface area contributed by atoms with Crippen molar-refractivity contribution in [3.05, 3.63) is 70.3 Å². The first-order valence-corrected chi connectivity index (χ1v) is 8.87. The fourth-order valence-electron chi connectivity index (χ4n) is 2.72. The van der Waals surface area contributed by atoms with Gasteiger partial charge in [-0.15, -0.1) is 0 Å². The van der Waals surface area contributed by atoms with E-state index in [4.69, 9.17) is 0 Å². The van der Waals surface area contributed by atoms with Gasteiger partial charge in [0.25, 0.3) is 11.8 Å². The van der Waals surface area contributed by atoms with E-state index in [1.807, 2.05) is 19.9 Å². The van der Waals surface area contributed by atoms with E-state index in [1.165, 1.54) is 12.1 Å². The molecule has 2 amide bonds. The summed E-state index contributed by atoms with van der Waals surface area (Å²) in [5.74, 6) is -1.80. The van der Waals surface area contributed by atoms with Crippen LogP contribution in [0.5, 0.6) is 0 Å². The van der Waals surface area contributed by atoms with Gasteiger partial charge in [-0.2, -0.15) is 0 Å². The van der Waals surface area contributed by atoms with Gasteiger partial charge >= 0.3 is 5.97 Å². The van der Waals surface area contributed by atoms with Crippen LogP contribution in [0.3, 0.4) is 0 Å². The van der Waals surface area contributed by atoms with E-state index in [9.17, 15) is 19.5 Å². The molecule has 1 fully saturated rings. The van der Waals surface area contributed by atoms with Crippen molar-refractivity contribution in [2.45, 2.75) is 38.8 Å². The van der Waals surface area contributed by atoms with Crippen LogP contribution in [0.2, 0.25) is 0 Å². The molecule has 1 aliphatic rings. The first-order chi connectivity index (χ1) is 12.8. The number of carboxylic acid groups (broad SMARTS) is 1. The third kappa shape index (κ3) is 4.53. The van der Waals surface area contributed by atoms with Gasteiger partial charge in [0.05, 0.1) is 0 Å². The molecule has 0 aliphatic heterocycles. The molecule has 0 heterocycles. The van der Waals surface area contributed by atoms with Gasteiger partial charge in [0.2, 0.25) is 0 Å². The predicted octanol–water partition coefficient (Wildman–Crippen LogP) is 2.75. The van der Waals surface area contributed by atoms with Crippen molar-refractivity contribution in [1.29, 1.82) is 0 Å². The van der Waals surface area contributed by atoms with Crippen LogP contribution in [0.4, 0.5) is 0 Å². The molecule has 6 nitrogen and oxygen atoms in total. The lowest BCUT2D eigenvalue weighted by Gasteiger charge is -2.16. The summed E-state index contributed by atoms with van der Waals surface area (Å²) < 4.78 is 0. The number of carboxylic acids is 1. The van der Waals surface area contributed by atoms with Gasteiger partial charge in [0.15, 0.2) is 6.04 Å². The van der Waals surface area contributed by atoms with E-state index in [2.05, 4.69) is 10.6 Å². The molecule has 1 saturated carbocycles. The Morgan fingerprint density at radius 1 is 0.926 bits per heavy atom. The lowest BCUT2D eigenvalue weighted by atomic mass is 10.0. The minimum atomic E-state index is -1.14. The van der Waals surface area contributed by atoms with Crippen LogP contribution in [-0.2, 0) is 4.79 Å². The Labute approximate surface area is 157 Å². The largest absolute Gasteiger partial charge is 0.479 e. The van der Waals surface area contributed by atoms with Gasteiger partial charge < -0.3 is 15.7 Å². The third-order valence-electron chi connectivity index (χ3n) is 4.71. The number of carbonyl (C=O) groups excluding carboxylic acids is 2. The Kier molecular flexibility index (Phi) is 5.26. The van der Waals surface area contributed by atoms with Crippen molar-refractivity contribution in [1.82, 2.24) is 10.6 Å². The Morgan fingerprint density at radius 2 is 1.52 bits per heavy atom. The van der Waals surface area contributed by atoms with Gasteiger partial charge in [0.1, 0.15) is 0 Å². The van der Waals surface area contributed by atoms with Crippen molar-refractivity contribution in [3.63, 3.8) is 0 Å². The molecular formula is C21H22N2O4. The molecule has 1 unspecified atom stereocenters. The molecule has 2 aromatic carbocycles. The second-order valence-electron chi connectivity index (χ2n) is 6.91. The van der Waals surface area contributed by atoms with E-state index in [0.717, 1.165) is 24.0 Å². The molecule has 0 aromatic heterocycles. The number of aryl methyl sites for hydroxylation is 2. The zero-order valence-corrected chi connectivity index (χ0v) is 15.3. The monoisotopic (exact) mass is 366 g/mol. The first-order valence-electron chi connectivity index (χ1n) is 8.87. The van der Waals surface area contributed by atoms with Crippen LogP contribution in [0.15, 0.2) is 42.5 Å². The molecule has 1 aliphatic carbocycles. The van der Waals surface area contributed by atoms with Crippen LogP contribution in [0.25, 0.3) is 0 Å². The smallest absolute Gasteiger partial charge is 0.330 e. The third-order valence-corrected chi connectivity index (χ3v) is 4.71. The number of hydrogen-bond acceptors (Lipinski definition) is 3. The summed E-state index contributed by atoms with van der Waals surface area (Å²) in [7, 11) is 0. The molecule has 6 heteroatoms. The lowest BCUT2D eigenvalue weighted by Crippen LogP contribution is -2.34. The Balaban J connectivity index is 1.72. The summed E-state index contributed by atoms with van der Waals surface area (Å²) in [5, 5.41) is 14.9. The molecule has 2 aromatic rings. The zero-order chi connectivity index (χ0) is 19.6. The molecule has 27 heavy (non-hydrogen) atoms. The molecule has 1 atom stereocenters. The van der Waals surface area contributed by atoms with Gasteiger partial charge in [-0.25, -0.2) is 4.79 Å². The Morgan fingerprint density at radius 3 is 2.04 bits per heavy atom. The molecule has 3 N–H and O–H groups in total. The molecule has 140 valence electrons. The summed E-state index contributed by atoms with van der Waals surface area (Å²) in [5.41, 5.74) is 3.29. The summed E-state index contributed by atoms with van der Waals surface area (Å²) in [6, 6.07) is 10.6. The molecule has 0 bridgehead atoms. The highest BCUT2D eigenvalue weighted by Gasteiger charge is 2.25. The second-order valence-corrected chi connectivity index (χ2v) is 6.91. The van der Waals surface area contributed by atoms with Crippen molar-refractivity contribution in [2.75, 3.05) is 0 Å². The number of hydrogen-bond donors (Lipinski definition) is 3. The molecular weight excluding hydrogens is 344 g/mol. The Hall–Kier alpha value is -3.15. The average Bonchev–Trinajstić information content (AvgIpc) is 3.45. The van der Waals surface area contributed by atoms with Crippen molar-refractivity contribution < 1.29 is 19.5 Å². The molecule has 0 spiro atoms. The summed E-state index contributed by atoms with van der Waals surface area (Å²) in [6.07, 6.45) is 2.00. The van der Waals surface area contributed by atoms with Crippen molar-refractivity contribution in [3.8, 4) is 0 Å². The fraction of sp³-hybridized carbons (Fsp3) is 0.286. The normalized spacial score (nSPS) is 14.3. The van der Waals surface area contributed by atoms with E-state index < -0.39 is 17.9 Å². The van der Waals surface area contributed by atoms with Crippen LogP contribution < -0.4 is 10.6 Å². The topological polar surface area (TPSA) is 95.5 Å². The van der Waals surface area contributed by atoms with Gasteiger partial charge in [-0.05, 0) is 67.6 Å². The maximum absolute atomic E-state index is 12.5. The number of benzene rings is 2. The highest BCUT2D eigenvalue weighted by atomic mass is 16.4. The molecule has 0 saturated heterocycles.